The summed E-state index contributed by atoms with van der Waals surface area (Å²) in [7, 11) is 0. The Bertz CT molecular complexity index is 992. The van der Waals surface area contributed by atoms with E-state index in [1.807, 2.05) is 25.1 Å². The second-order valence-corrected chi connectivity index (χ2v) is 7.37. The molecule has 2 amide bonds. The third kappa shape index (κ3) is 4.52. The number of nitro benzene ring substituents is 1. The Kier molecular flexibility index (Phi) is 6.01. The minimum Gasteiger partial charge on any atom is -0.492 e. The van der Waals surface area contributed by atoms with Crippen LogP contribution >= 0.6 is 23.4 Å². The van der Waals surface area contributed by atoms with Gasteiger partial charge in [-0.3, -0.25) is 24.6 Å². The summed E-state index contributed by atoms with van der Waals surface area (Å²) in [6.45, 7) is 2.22. The average molecular weight is 419 g/mol. The molecule has 0 radical (unpaired) electrons. The lowest BCUT2D eigenvalue weighted by molar-refractivity contribution is -0.384. The SMILES string of the molecule is Cc1cccc(OCCN2C(=O)S/C(=C\c3ccc(Cl)c([N+](=O)[O-])c3)C2=O)c1. The van der Waals surface area contributed by atoms with Gasteiger partial charge < -0.3 is 4.74 Å². The summed E-state index contributed by atoms with van der Waals surface area (Å²) in [5.41, 5.74) is 1.20. The Morgan fingerprint density at radius 2 is 2.04 bits per heavy atom. The largest absolute Gasteiger partial charge is 0.492 e. The zero-order valence-electron chi connectivity index (χ0n) is 14.8. The number of aryl methyl sites for hydroxylation is 1. The van der Waals surface area contributed by atoms with Crippen LogP contribution in [-0.2, 0) is 4.79 Å². The molecule has 0 spiro atoms. The Labute approximate surface area is 170 Å². The number of benzene rings is 2. The van der Waals surface area contributed by atoms with Gasteiger partial charge in [0.25, 0.3) is 16.8 Å². The number of imide groups is 1. The molecule has 0 aromatic heterocycles. The first-order valence-corrected chi connectivity index (χ1v) is 9.43. The number of carbonyl (C=O) groups is 2. The molecule has 0 unspecified atom stereocenters. The van der Waals surface area contributed by atoms with Gasteiger partial charge in [0.05, 0.1) is 16.4 Å². The van der Waals surface area contributed by atoms with Crippen LogP contribution in [0.3, 0.4) is 0 Å². The Morgan fingerprint density at radius 1 is 1.25 bits per heavy atom. The van der Waals surface area contributed by atoms with Crippen molar-refractivity contribution < 1.29 is 19.2 Å². The van der Waals surface area contributed by atoms with Crippen molar-refractivity contribution in [2.45, 2.75) is 6.92 Å². The van der Waals surface area contributed by atoms with E-state index in [0.717, 1.165) is 22.2 Å². The molecular weight excluding hydrogens is 404 g/mol. The summed E-state index contributed by atoms with van der Waals surface area (Å²) < 4.78 is 5.59. The molecule has 0 saturated carbocycles. The number of thioether (sulfide) groups is 1. The van der Waals surface area contributed by atoms with Crippen LogP contribution in [0, 0.1) is 17.0 Å². The van der Waals surface area contributed by atoms with Crippen molar-refractivity contribution in [1.82, 2.24) is 4.90 Å². The van der Waals surface area contributed by atoms with E-state index >= 15 is 0 Å². The topological polar surface area (TPSA) is 89.8 Å². The lowest BCUT2D eigenvalue weighted by Crippen LogP contribution is -2.32. The number of nitrogens with zero attached hydrogens (tertiary/aromatic N) is 2. The van der Waals surface area contributed by atoms with Crippen LogP contribution in [-0.4, -0.2) is 34.1 Å². The minimum absolute atomic E-state index is 0.00329. The molecule has 0 aliphatic carbocycles. The third-order valence-corrected chi connectivity index (χ3v) is 5.14. The van der Waals surface area contributed by atoms with Crippen LogP contribution in [0.5, 0.6) is 5.75 Å². The lowest BCUT2D eigenvalue weighted by Gasteiger charge is -2.13. The molecule has 1 saturated heterocycles. The van der Waals surface area contributed by atoms with Crippen LogP contribution in [0.2, 0.25) is 5.02 Å². The molecular formula is C19H15ClN2O5S. The zero-order chi connectivity index (χ0) is 20.3. The molecule has 144 valence electrons. The van der Waals surface area contributed by atoms with Crippen LogP contribution in [0.25, 0.3) is 6.08 Å². The molecule has 1 aliphatic heterocycles. The second-order valence-electron chi connectivity index (χ2n) is 5.97. The molecule has 7 nitrogen and oxygen atoms in total. The van der Waals surface area contributed by atoms with E-state index in [1.54, 1.807) is 12.1 Å². The normalized spacial score (nSPS) is 15.4. The van der Waals surface area contributed by atoms with E-state index in [4.69, 9.17) is 16.3 Å². The van der Waals surface area contributed by atoms with Crippen molar-refractivity contribution in [2.75, 3.05) is 13.2 Å². The molecule has 1 fully saturated rings. The van der Waals surface area contributed by atoms with Crippen LogP contribution < -0.4 is 4.74 Å². The Balaban J connectivity index is 1.68. The summed E-state index contributed by atoms with van der Waals surface area (Å²) in [4.78, 5) is 36.3. The summed E-state index contributed by atoms with van der Waals surface area (Å²) in [6.07, 6.45) is 1.44. The molecule has 0 N–H and O–H groups in total. The third-order valence-electron chi connectivity index (χ3n) is 3.91. The van der Waals surface area contributed by atoms with Crippen LogP contribution in [0.15, 0.2) is 47.4 Å². The molecule has 0 bridgehead atoms. The Hall–Kier alpha value is -2.84. The number of halogens is 1. The van der Waals surface area contributed by atoms with Crippen LogP contribution in [0.1, 0.15) is 11.1 Å². The lowest BCUT2D eigenvalue weighted by atomic mass is 10.2. The van der Waals surface area contributed by atoms with Crippen molar-refractivity contribution in [3.05, 3.63) is 73.6 Å². The van der Waals surface area contributed by atoms with Gasteiger partial charge in [0.15, 0.2) is 0 Å². The monoisotopic (exact) mass is 418 g/mol. The van der Waals surface area contributed by atoms with Gasteiger partial charge in [-0.15, -0.1) is 0 Å². The van der Waals surface area contributed by atoms with E-state index in [2.05, 4.69) is 0 Å². The molecule has 0 atom stereocenters. The number of hydrogen-bond donors (Lipinski definition) is 0. The fourth-order valence-electron chi connectivity index (χ4n) is 2.56. The number of amides is 2. The van der Waals surface area contributed by atoms with Crippen molar-refractivity contribution in [3.8, 4) is 5.75 Å². The first kappa shape index (κ1) is 19.9. The molecule has 9 heteroatoms. The standard InChI is InChI=1S/C19H15ClN2O5S/c1-12-3-2-4-14(9-12)27-8-7-21-18(23)17(28-19(21)24)11-13-5-6-15(20)16(10-13)22(25)26/h2-6,9-11H,7-8H2,1H3/b17-11-. The van der Waals surface area contributed by atoms with Crippen molar-refractivity contribution in [2.24, 2.45) is 0 Å². The van der Waals surface area contributed by atoms with Crippen molar-refractivity contribution in [3.63, 3.8) is 0 Å². The summed E-state index contributed by atoms with van der Waals surface area (Å²) in [5.74, 6) is 0.205. The second kappa shape index (κ2) is 8.45. The van der Waals surface area contributed by atoms with Gasteiger partial charge >= 0.3 is 0 Å². The number of hydrogen-bond acceptors (Lipinski definition) is 6. The summed E-state index contributed by atoms with van der Waals surface area (Å²) in [5, 5.41) is 10.6. The summed E-state index contributed by atoms with van der Waals surface area (Å²) in [6, 6.07) is 11.6. The van der Waals surface area contributed by atoms with E-state index in [-0.39, 0.29) is 28.8 Å². The number of rotatable bonds is 6. The maximum Gasteiger partial charge on any atom is 0.293 e. The molecule has 2 aromatic carbocycles. The van der Waals surface area contributed by atoms with Gasteiger partial charge in [-0.25, -0.2) is 0 Å². The van der Waals surface area contributed by atoms with Gasteiger partial charge in [0, 0.05) is 6.07 Å². The highest BCUT2D eigenvalue weighted by molar-refractivity contribution is 8.18. The fourth-order valence-corrected chi connectivity index (χ4v) is 3.62. The van der Waals surface area contributed by atoms with Gasteiger partial charge in [-0.05, 0) is 54.1 Å². The number of carbonyl (C=O) groups excluding carboxylic acids is 2. The van der Waals surface area contributed by atoms with Crippen molar-refractivity contribution >= 4 is 46.3 Å². The average Bonchev–Trinajstić information content (AvgIpc) is 2.90. The quantitative estimate of drug-likeness (QED) is 0.384. The van der Waals surface area contributed by atoms with Gasteiger partial charge in [-0.2, -0.15) is 0 Å². The van der Waals surface area contributed by atoms with Crippen LogP contribution in [0.4, 0.5) is 10.5 Å². The number of ether oxygens (including phenoxy) is 1. The highest BCUT2D eigenvalue weighted by Crippen LogP contribution is 2.33. The van der Waals surface area contributed by atoms with E-state index in [1.165, 1.54) is 18.2 Å². The van der Waals surface area contributed by atoms with Gasteiger partial charge in [0.1, 0.15) is 17.4 Å². The smallest absolute Gasteiger partial charge is 0.293 e. The predicted octanol–water partition coefficient (Wildman–Crippen LogP) is 4.67. The van der Waals surface area contributed by atoms with Gasteiger partial charge in [-0.1, -0.05) is 29.8 Å². The molecule has 1 aliphatic rings. The van der Waals surface area contributed by atoms with E-state index in [9.17, 15) is 19.7 Å². The number of nitro groups is 1. The molecule has 1 heterocycles. The highest BCUT2D eigenvalue weighted by Gasteiger charge is 2.34. The molecule has 3 rings (SSSR count). The summed E-state index contributed by atoms with van der Waals surface area (Å²) >= 11 is 6.57. The van der Waals surface area contributed by atoms with E-state index < -0.39 is 16.1 Å². The minimum atomic E-state index is -0.603. The van der Waals surface area contributed by atoms with E-state index in [0.29, 0.717) is 11.3 Å². The molecule has 2 aromatic rings. The first-order chi connectivity index (χ1) is 13.3. The maximum atomic E-state index is 12.5. The Morgan fingerprint density at radius 3 is 2.75 bits per heavy atom. The van der Waals surface area contributed by atoms with Gasteiger partial charge in [0.2, 0.25) is 0 Å². The fraction of sp³-hybridized carbons (Fsp3) is 0.158. The van der Waals surface area contributed by atoms with Crippen molar-refractivity contribution in [1.29, 1.82) is 0 Å². The predicted molar refractivity (Wildman–Crippen MR) is 107 cm³/mol. The maximum absolute atomic E-state index is 12.5. The highest BCUT2D eigenvalue weighted by atomic mass is 35.5. The zero-order valence-corrected chi connectivity index (χ0v) is 16.3. The first-order valence-electron chi connectivity index (χ1n) is 8.24. The molecule has 28 heavy (non-hydrogen) atoms.